The minimum atomic E-state index is -4.26. The Morgan fingerprint density at radius 3 is 2.56 bits per heavy atom. The molecule has 18 heavy (non-hydrogen) atoms. The molecule has 0 bridgehead atoms. The molecule has 0 saturated carbocycles. The lowest BCUT2D eigenvalue weighted by atomic mass is 10.1. The van der Waals surface area contributed by atoms with Crippen LogP contribution >= 0.6 is 15.9 Å². The number of halogens is 4. The number of carbonyl (C=O) groups is 1. The van der Waals surface area contributed by atoms with E-state index in [0.717, 1.165) is 0 Å². The molecule has 0 amide bonds. The van der Waals surface area contributed by atoms with Gasteiger partial charge in [-0.1, -0.05) is 15.9 Å². The molecule has 1 N–H and O–H groups in total. The summed E-state index contributed by atoms with van der Waals surface area (Å²) in [5, 5.41) is 8.97. The number of nitrogens with zero attached hydrogens (tertiary/aromatic N) is 1. The van der Waals surface area contributed by atoms with Crippen LogP contribution in [0.5, 0.6) is 0 Å². The molecule has 0 atom stereocenters. The minimum Gasteiger partial charge on any atom is -0.478 e. The highest BCUT2D eigenvalue weighted by atomic mass is 79.9. The molecular weight excluding hydrogens is 315 g/mol. The molecular formula is C11H11BrF3NO2. The van der Waals surface area contributed by atoms with Gasteiger partial charge in [-0.3, -0.25) is 0 Å². The van der Waals surface area contributed by atoms with Gasteiger partial charge in [-0.15, -0.1) is 0 Å². The molecule has 1 aromatic rings. The van der Waals surface area contributed by atoms with Crippen molar-refractivity contribution in [1.29, 1.82) is 0 Å². The highest BCUT2D eigenvalue weighted by Gasteiger charge is 2.27. The minimum absolute atomic E-state index is 0.0251. The average Bonchev–Trinajstić information content (AvgIpc) is 2.24. The molecule has 0 spiro atoms. The molecule has 0 aliphatic carbocycles. The third-order valence-electron chi connectivity index (χ3n) is 2.33. The second-order valence-corrected chi connectivity index (χ2v) is 4.67. The van der Waals surface area contributed by atoms with Crippen LogP contribution in [0.15, 0.2) is 22.7 Å². The van der Waals surface area contributed by atoms with Crippen LogP contribution in [0.1, 0.15) is 16.8 Å². The van der Waals surface area contributed by atoms with Crippen LogP contribution in [-0.2, 0) is 0 Å². The number of anilines is 1. The number of carboxylic acid groups (broad SMARTS) is 1. The molecule has 100 valence electrons. The number of aromatic carboxylic acids is 1. The van der Waals surface area contributed by atoms with Gasteiger partial charge >= 0.3 is 12.1 Å². The molecule has 1 aromatic carbocycles. The van der Waals surface area contributed by atoms with E-state index in [1.807, 2.05) is 0 Å². The average molecular weight is 326 g/mol. The molecule has 0 heterocycles. The monoisotopic (exact) mass is 325 g/mol. The summed E-state index contributed by atoms with van der Waals surface area (Å²) in [6.45, 7) is -0.291. The van der Waals surface area contributed by atoms with Crippen molar-refractivity contribution in [2.24, 2.45) is 0 Å². The van der Waals surface area contributed by atoms with Gasteiger partial charge in [0.2, 0.25) is 0 Å². The third-order valence-corrected chi connectivity index (χ3v) is 2.83. The van der Waals surface area contributed by atoms with Gasteiger partial charge in [-0.25, -0.2) is 4.79 Å². The molecule has 1 rings (SSSR count). The topological polar surface area (TPSA) is 40.5 Å². The van der Waals surface area contributed by atoms with Gasteiger partial charge in [-0.05, 0) is 18.2 Å². The first-order chi connectivity index (χ1) is 8.20. The quantitative estimate of drug-likeness (QED) is 0.920. The first kappa shape index (κ1) is 14.8. The lowest BCUT2D eigenvalue weighted by molar-refractivity contribution is -0.132. The summed E-state index contributed by atoms with van der Waals surface area (Å²) in [6.07, 6.45) is -5.25. The number of carboxylic acids is 1. The van der Waals surface area contributed by atoms with Crippen LogP contribution in [0.4, 0.5) is 18.9 Å². The maximum atomic E-state index is 12.1. The third kappa shape index (κ3) is 4.21. The van der Waals surface area contributed by atoms with Crippen LogP contribution < -0.4 is 4.90 Å². The summed E-state index contributed by atoms with van der Waals surface area (Å²) in [5.74, 6) is -1.17. The van der Waals surface area contributed by atoms with E-state index in [2.05, 4.69) is 15.9 Å². The molecule has 0 unspecified atom stereocenters. The molecule has 0 saturated heterocycles. The number of rotatable bonds is 4. The molecule has 0 fully saturated rings. The maximum absolute atomic E-state index is 12.1. The van der Waals surface area contributed by atoms with E-state index in [1.54, 1.807) is 0 Å². The van der Waals surface area contributed by atoms with Gasteiger partial charge in [0.1, 0.15) is 0 Å². The van der Waals surface area contributed by atoms with Gasteiger partial charge < -0.3 is 10.0 Å². The summed E-state index contributed by atoms with van der Waals surface area (Å²) in [7, 11) is 1.43. The smallest absolute Gasteiger partial charge is 0.390 e. The van der Waals surface area contributed by atoms with Crippen LogP contribution in [0, 0.1) is 0 Å². The van der Waals surface area contributed by atoms with Crippen molar-refractivity contribution < 1.29 is 23.1 Å². The SMILES string of the molecule is CN(CCC(F)(F)F)c1cc(Br)ccc1C(=O)O. The predicted molar refractivity (Wildman–Crippen MR) is 65.0 cm³/mol. The van der Waals surface area contributed by atoms with Crippen molar-refractivity contribution in [2.45, 2.75) is 12.6 Å². The van der Waals surface area contributed by atoms with E-state index >= 15 is 0 Å². The lowest BCUT2D eigenvalue weighted by Gasteiger charge is -2.22. The highest BCUT2D eigenvalue weighted by molar-refractivity contribution is 9.10. The Balaban J connectivity index is 2.93. The zero-order valence-electron chi connectivity index (χ0n) is 9.46. The molecule has 0 aromatic heterocycles. The van der Waals surface area contributed by atoms with Gasteiger partial charge in [0.15, 0.2) is 0 Å². The Bertz CT molecular complexity index is 448. The summed E-state index contributed by atoms with van der Waals surface area (Å²) >= 11 is 3.16. The summed E-state index contributed by atoms with van der Waals surface area (Å²) in [4.78, 5) is 12.3. The molecule has 3 nitrogen and oxygen atoms in total. The fourth-order valence-corrected chi connectivity index (χ4v) is 1.77. The maximum Gasteiger partial charge on any atom is 0.390 e. The Morgan fingerprint density at radius 1 is 1.44 bits per heavy atom. The van der Waals surface area contributed by atoms with Gasteiger partial charge in [0, 0.05) is 18.1 Å². The standard InChI is InChI=1S/C11H11BrF3NO2/c1-16(5-4-11(13,14)15)9-6-7(12)2-3-8(9)10(17)18/h2-3,6H,4-5H2,1H3,(H,17,18). The van der Waals surface area contributed by atoms with E-state index < -0.39 is 18.6 Å². The van der Waals surface area contributed by atoms with Crippen molar-refractivity contribution in [2.75, 3.05) is 18.5 Å². The Labute approximate surface area is 110 Å². The normalized spacial score (nSPS) is 11.4. The van der Waals surface area contributed by atoms with Gasteiger partial charge in [0.25, 0.3) is 0 Å². The van der Waals surface area contributed by atoms with Crippen molar-refractivity contribution >= 4 is 27.6 Å². The predicted octanol–water partition coefficient (Wildman–Crippen LogP) is 3.54. The van der Waals surface area contributed by atoms with Crippen LogP contribution in [0.2, 0.25) is 0 Å². The number of hydrogen-bond acceptors (Lipinski definition) is 2. The van der Waals surface area contributed by atoms with Crippen molar-refractivity contribution in [3.8, 4) is 0 Å². The van der Waals surface area contributed by atoms with E-state index in [1.165, 1.54) is 30.1 Å². The van der Waals surface area contributed by atoms with Crippen LogP contribution in [-0.4, -0.2) is 30.8 Å². The zero-order valence-corrected chi connectivity index (χ0v) is 11.0. The lowest BCUT2D eigenvalue weighted by Crippen LogP contribution is -2.25. The molecule has 0 aliphatic rings. The molecule has 0 aliphatic heterocycles. The summed E-state index contributed by atoms with van der Waals surface area (Å²) in [5.41, 5.74) is 0.226. The molecule has 7 heteroatoms. The van der Waals surface area contributed by atoms with Crippen molar-refractivity contribution in [1.82, 2.24) is 0 Å². The fraction of sp³-hybridized carbons (Fsp3) is 0.364. The van der Waals surface area contributed by atoms with Gasteiger partial charge in [0.05, 0.1) is 17.7 Å². The van der Waals surface area contributed by atoms with E-state index in [-0.39, 0.29) is 17.8 Å². The van der Waals surface area contributed by atoms with E-state index in [4.69, 9.17) is 5.11 Å². The number of alkyl halides is 3. The van der Waals surface area contributed by atoms with Crippen LogP contribution in [0.3, 0.4) is 0 Å². The number of benzene rings is 1. The largest absolute Gasteiger partial charge is 0.478 e. The van der Waals surface area contributed by atoms with E-state index in [9.17, 15) is 18.0 Å². The Morgan fingerprint density at radius 2 is 2.06 bits per heavy atom. The van der Waals surface area contributed by atoms with Crippen molar-refractivity contribution in [3.63, 3.8) is 0 Å². The zero-order chi connectivity index (χ0) is 13.9. The summed E-state index contributed by atoms with van der Waals surface area (Å²) < 4.78 is 37.0. The van der Waals surface area contributed by atoms with Gasteiger partial charge in [-0.2, -0.15) is 13.2 Å². The first-order valence-corrected chi connectivity index (χ1v) is 5.81. The molecule has 0 radical (unpaired) electrons. The first-order valence-electron chi connectivity index (χ1n) is 5.01. The van der Waals surface area contributed by atoms with Crippen LogP contribution in [0.25, 0.3) is 0 Å². The fourth-order valence-electron chi connectivity index (χ4n) is 1.42. The number of hydrogen-bond donors (Lipinski definition) is 1. The van der Waals surface area contributed by atoms with E-state index in [0.29, 0.717) is 4.47 Å². The Kier molecular flexibility index (Phi) is 4.61. The highest BCUT2D eigenvalue weighted by Crippen LogP contribution is 2.26. The van der Waals surface area contributed by atoms with Crippen molar-refractivity contribution in [3.05, 3.63) is 28.2 Å². The second kappa shape index (κ2) is 5.60. The Hall–Kier alpha value is -1.24. The second-order valence-electron chi connectivity index (χ2n) is 3.75. The summed E-state index contributed by atoms with van der Waals surface area (Å²) in [6, 6.07) is 4.37.